The lowest BCUT2D eigenvalue weighted by Crippen LogP contribution is -2.57. The van der Waals surface area contributed by atoms with Crippen LogP contribution < -0.4 is 52.6 Å². The largest absolute Gasteiger partial charge is 0.491 e. The summed E-state index contributed by atoms with van der Waals surface area (Å²) < 4.78 is 23.0. The third-order valence-electron chi connectivity index (χ3n) is 8.11. The van der Waals surface area contributed by atoms with E-state index < -0.39 is 77.3 Å². The molecule has 0 aromatic heterocycles. The van der Waals surface area contributed by atoms with Crippen molar-refractivity contribution in [3.05, 3.63) is 47.5 Å². The maximum atomic E-state index is 13.7. The minimum absolute atomic E-state index is 0.00121. The Bertz CT molecular complexity index is 1860. The number of primary amides is 1. The highest BCUT2D eigenvalue weighted by Crippen LogP contribution is 2.39. The zero-order chi connectivity index (χ0) is 44.1. The Kier molecular flexibility index (Phi) is 16.7. The molecule has 1 heterocycles. The Morgan fingerprint density at radius 1 is 0.814 bits per heavy atom. The summed E-state index contributed by atoms with van der Waals surface area (Å²) in [6.07, 6.45) is -2.65. The lowest BCUT2D eigenvalue weighted by atomic mass is 9.94. The first kappa shape index (κ1) is 47.1. The van der Waals surface area contributed by atoms with Crippen LogP contribution in [-0.4, -0.2) is 105 Å². The van der Waals surface area contributed by atoms with Crippen LogP contribution in [0.2, 0.25) is 0 Å². The highest BCUT2D eigenvalue weighted by Gasteiger charge is 2.30. The summed E-state index contributed by atoms with van der Waals surface area (Å²) in [5, 5.41) is 16.1. The van der Waals surface area contributed by atoms with E-state index in [0.717, 1.165) is 0 Å². The van der Waals surface area contributed by atoms with Gasteiger partial charge in [-0.25, -0.2) is 14.4 Å². The molecule has 7 amide bonds. The summed E-state index contributed by atoms with van der Waals surface area (Å²) in [6, 6.07) is 5.47. The average molecular weight is 829 g/mol. The van der Waals surface area contributed by atoms with E-state index in [1.165, 1.54) is 13.8 Å². The number of amides is 7. The number of fused-ring (bicyclic) bond motifs is 5. The van der Waals surface area contributed by atoms with Crippen LogP contribution in [0.25, 0.3) is 11.1 Å². The molecular weight excluding hydrogens is 772 g/mol. The minimum Gasteiger partial charge on any atom is -0.491 e. The van der Waals surface area contributed by atoms with E-state index in [-0.39, 0.29) is 32.7 Å². The van der Waals surface area contributed by atoms with E-state index in [2.05, 4.69) is 36.7 Å². The molecular formula is C39H56N8O12. The van der Waals surface area contributed by atoms with Crippen molar-refractivity contribution >= 4 is 41.9 Å². The number of alkyl carbamates (subject to hydrolysis) is 2. The maximum Gasteiger partial charge on any atom is 0.428 e. The van der Waals surface area contributed by atoms with Crippen molar-refractivity contribution in [3.8, 4) is 22.6 Å². The number of hydrogen-bond acceptors (Lipinski definition) is 13. The SMILES string of the molecule is CN[C@@H]1C(=O)N[C@@H](C)C(=O)N[C@H](C(=O)N[C@@H](C)C(=O)NOC(N)=O)Cc2ccc(OCCNC(=O)OC(C)(C)C)c(c2)-c2cc1ccc2OCCNC(=O)OC(C)(C)C. The van der Waals surface area contributed by atoms with Crippen molar-refractivity contribution in [1.29, 1.82) is 0 Å². The number of nitrogens with two attached hydrogens (primary N) is 1. The second kappa shape index (κ2) is 20.9. The molecule has 324 valence electrons. The summed E-state index contributed by atoms with van der Waals surface area (Å²) in [4.78, 5) is 93.2. The molecule has 0 saturated carbocycles. The fraction of sp³-hybridized carbons (Fsp3) is 0.513. The molecule has 0 saturated heterocycles. The molecule has 0 unspecified atom stereocenters. The third kappa shape index (κ3) is 15.5. The molecule has 9 N–H and O–H groups in total. The van der Waals surface area contributed by atoms with Crippen molar-refractivity contribution in [2.45, 2.75) is 97.2 Å². The quantitative estimate of drug-likeness (QED) is 0.0859. The van der Waals surface area contributed by atoms with Gasteiger partial charge in [0.1, 0.15) is 60.1 Å². The van der Waals surface area contributed by atoms with Gasteiger partial charge in [0.25, 0.3) is 5.91 Å². The molecule has 2 aromatic carbocycles. The van der Waals surface area contributed by atoms with Gasteiger partial charge in [0.15, 0.2) is 0 Å². The van der Waals surface area contributed by atoms with Crippen LogP contribution in [-0.2, 0) is 39.9 Å². The van der Waals surface area contributed by atoms with Crippen LogP contribution in [0.3, 0.4) is 0 Å². The Hall–Kier alpha value is -6.31. The van der Waals surface area contributed by atoms with Gasteiger partial charge in [-0.15, -0.1) is 0 Å². The molecule has 1 aliphatic heterocycles. The number of nitrogens with one attached hydrogen (secondary N) is 7. The second-order valence-corrected chi connectivity index (χ2v) is 15.5. The van der Waals surface area contributed by atoms with Gasteiger partial charge in [-0.3, -0.25) is 19.2 Å². The van der Waals surface area contributed by atoms with Gasteiger partial charge in [0.05, 0.1) is 13.1 Å². The van der Waals surface area contributed by atoms with Crippen LogP contribution in [0, 0.1) is 0 Å². The van der Waals surface area contributed by atoms with Crippen molar-refractivity contribution in [3.63, 3.8) is 0 Å². The van der Waals surface area contributed by atoms with Crippen LogP contribution in [0.4, 0.5) is 14.4 Å². The zero-order valence-electron chi connectivity index (χ0n) is 34.8. The maximum absolute atomic E-state index is 13.7. The lowest BCUT2D eigenvalue weighted by Gasteiger charge is -2.26. The molecule has 0 radical (unpaired) electrons. The van der Waals surface area contributed by atoms with E-state index in [4.69, 9.17) is 24.7 Å². The number of ether oxygens (including phenoxy) is 4. The number of hydroxylamine groups is 1. The van der Waals surface area contributed by atoms with Gasteiger partial charge in [-0.1, -0.05) is 12.1 Å². The number of carbonyl (C=O) groups excluding carboxylic acids is 7. The van der Waals surface area contributed by atoms with Crippen LogP contribution >= 0.6 is 0 Å². The van der Waals surface area contributed by atoms with Crippen LogP contribution in [0.5, 0.6) is 11.5 Å². The van der Waals surface area contributed by atoms with Crippen LogP contribution in [0.1, 0.15) is 72.6 Å². The molecule has 20 nitrogen and oxygen atoms in total. The molecule has 4 atom stereocenters. The standard InChI is InChI=1S/C39H56N8O12/c1-21-31(48)46-27(33(50)44-22(2)32(49)47-59-35(40)52)19-23-10-12-28(55-16-14-42-36(53)57-38(3,4)5)25(18-23)26-20-24(30(41-9)34(51)45-21)11-13-29(26)56-17-15-43-37(54)58-39(6,7)8/h10-13,18,20-22,27,30,41H,14-17,19H2,1-9H3,(H2,40,52)(H,42,53)(H,43,54)(H,44,50)(H,45,51)(H,46,48)(H,47,49)/t21-,22-,27-,30-/m0/s1. The van der Waals surface area contributed by atoms with Gasteiger partial charge in [0.2, 0.25) is 17.7 Å². The molecule has 20 heteroatoms. The van der Waals surface area contributed by atoms with E-state index in [1.807, 2.05) is 5.48 Å². The molecule has 2 aromatic rings. The zero-order valence-corrected chi connectivity index (χ0v) is 34.8. The average Bonchev–Trinajstić information content (AvgIpc) is 3.12. The lowest BCUT2D eigenvalue weighted by molar-refractivity contribution is -0.136. The number of likely N-dealkylation sites (N-methyl/N-ethyl adjacent to an activating group) is 1. The molecule has 0 aliphatic carbocycles. The van der Waals surface area contributed by atoms with Crippen molar-refractivity contribution < 1.29 is 57.3 Å². The number of benzene rings is 2. The summed E-state index contributed by atoms with van der Waals surface area (Å²) in [7, 11) is 1.57. The van der Waals surface area contributed by atoms with Crippen molar-refractivity contribution in [1.82, 2.24) is 37.4 Å². The van der Waals surface area contributed by atoms with Crippen molar-refractivity contribution in [2.24, 2.45) is 5.73 Å². The predicted octanol–water partition coefficient (Wildman–Crippen LogP) is 1.60. The molecule has 0 fully saturated rings. The minimum atomic E-state index is -1.30. The van der Waals surface area contributed by atoms with Gasteiger partial charge >= 0.3 is 18.3 Å². The van der Waals surface area contributed by atoms with E-state index >= 15 is 0 Å². The first-order valence-electron chi connectivity index (χ1n) is 18.9. The monoisotopic (exact) mass is 828 g/mol. The van der Waals surface area contributed by atoms with Gasteiger partial charge in [-0.05, 0) is 97.8 Å². The Morgan fingerprint density at radius 2 is 1.36 bits per heavy atom. The molecule has 1 aliphatic rings. The summed E-state index contributed by atoms with van der Waals surface area (Å²) in [5.74, 6) is -2.28. The third-order valence-corrected chi connectivity index (χ3v) is 8.11. The summed E-state index contributed by atoms with van der Waals surface area (Å²) in [5.41, 5.74) is 7.24. The first-order valence-corrected chi connectivity index (χ1v) is 18.9. The fourth-order valence-electron chi connectivity index (χ4n) is 5.48. The first-order chi connectivity index (χ1) is 27.6. The summed E-state index contributed by atoms with van der Waals surface area (Å²) >= 11 is 0. The van der Waals surface area contributed by atoms with E-state index in [9.17, 15) is 33.6 Å². The highest BCUT2D eigenvalue weighted by atomic mass is 16.7. The van der Waals surface area contributed by atoms with Gasteiger partial charge < -0.3 is 61.4 Å². The topological polar surface area (TPSA) is 276 Å². The van der Waals surface area contributed by atoms with E-state index in [0.29, 0.717) is 33.8 Å². The van der Waals surface area contributed by atoms with Gasteiger partial charge in [0, 0.05) is 17.5 Å². The Labute approximate surface area is 342 Å². The molecule has 59 heavy (non-hydrogen) atoms. The summed E-state index contributed by atoms with van der Waals surface area (Å²) in [6.45, 7) is 13.4. The molecule has 3 rings (SSSR count). The van der Waals surface area contributed by atoms with E-state index in [1.54, 1.807) is 85.0 Å². The Morgan fingerprint density at radius 3 is 1.88 bits per heavy atom. The number of hydrogen-bond donors (Lipinski definition) is 8. The van der Waals surface area contributed by atoms with Crippen molar-refractivity contribution in [2.75, 3.05) is 33.4 Å². The molecule has 4 bridgehead atoms. The molecule has 0 spiro atoms. The number of rotatable bonds is 12. The van der Waals surface area contributed by atoms with Gasteiger partial charge in [-0.2, -0.15) is 5.48 Å². The highest BCUT2D eigenvalue weighted by molar-refractivity contribution is 5.95. The normalized spacial score (nSPS) is 17.3. The fourth-order valence-corrected chi connectivity index (χ4v) is 5.48. The number of carbonyl (C=O) groups is 7. The van der Waals surface area contributed by atoms with Crippen LogP contribution in [0.15, 0.2) is 36.4 Å². The predicted molar refractivity (Wildman–Crippen MR) is 213 cm³/mol. The Balaban J connectivity index is 2.10. The smallest absolute Gasteiger partial charge is 0.428 e. The second-order valence-electron chi connectivity index (χ2n) is 15.5.